The predicted octanol–water partition coefficient (Wildman–Crippen LogP) is 1.08. The fourth-order valence-corrected chi connectivity index (χ4v) is 2.38. The van der Waals surface area contributed by atoms with Crippen LogP contribution in [0.4, 0.5) is 0 Å². The Morgan fingerprint density at radius 2 is 2.07 bits per heavy atom. The number of methoxy groups -OCH3 is 1. The highest BCUT2D eigenvalue weighted by atomic mass is 16.5. The van der Waals surface area contributed by atoms with Crippen LogP contribution in [0, 0.1) is 5.92 Å². The van der Waals surface area contributed by atoms with E-state index in [1.165, 1.54) is 32.2 Å². The number of hydrogen-bond acceptors (Lipinski definition) is 3. The Bertz CT molecular complexity index is 146. The maximum atomic E-state index is 5.89. The molecule has 84 valence electrons. The van der Waals surface area contributed by atoms with Crippen molar-refractivity contribution in [2.24, 2.45) is 11.7 Å². The average molecular weight is 200 g/mol. The summed E-state index contributed by atoms with van der Waals surface area (Å²) in [7, 11) is 3.87. The first kappa shape index (κ1) is 12.0. The Morgan fingerprint density at radius 1 is 1.43 bits per heavy atom. The second-order valence-electron chi connectivity index (χ2n) is 4.59. The van der Waals surface area contributed by atoms with Gasteiger partial charge in [0.1, 0.15) is 0 Å². The van der Waals surface area contributed by atoms with Gasteiger partial charge in [0.05, 0.1) is 6.61 Å². The first-order valence-corrected chi connectivity index (χ1v) is 5.65. The Kier molecular flexibility index (Phi) is 5.45. The van der Waals surface area contributed by atoms with E-state index >= 15 is 0 Å². The van der Waals surface area contributed by atoms with Gasteiger partial charge in [0.2, 0.25) is 0 Å². The van der Waals surface area contributed by atoms with Gasteiger partial charge in [0, 0.05) is 26.2 Å². The molecular weight excluding hydrogens is 176 g/mol. The van der Waals surface area contributed by atoms with Crippen molar-refractivity contribution in [1.82, 2.24) is 4.90 Å². The molecule has 0 saturated heterocycles. The van der Waals surface area contributed by atoms with Crippen LogP contribution >= 0.6 is 0 Å². The van der Waals surface area contributed by atoms with E-state index in [-0.39, 0.29) is 6.04 Å². The predicted molar refractivity (Wildman–Crippen MR) is 59.3 cm³/mol. The van der Waals surface area contributed by atoms with Crippen LogP contribution < -0.4 is 5.73 Å². The normalized spacial score (nSPS) is 20.6. The molecule has 1 aliphatic rings. The quantitative estimate of drug-likeness (QED) is 0.697. The van der Waals surface area contributed by atoms with E-state index in [0.29, 0.717) is 6.61 Å². The lowest BCUT2D eigenvalue weighted by Crippen LogP contribution is -2.39. The van der Waals surface area contributed by atoms with E-state index in [1.54, 1.807) is 7.11 Å². The maximum Gasteiger partial charge on any atom is 0.0626 e. The molecule has 0 bridgehead atoms. The minimum atomic E-state index is 0.159. The monoisotopic (exact) mass is 200 g/mol. The van der Waals surface area contributed by atoms with Crippen molar-refractivity contribution in [3.8, 4) is 0 Å². The summed E-state index contributed by atoms with van der Waals surface area (Å²) in [6.45, 7) is 2.82. The van der Waals surface area contributed by atoms with Crippen molar-refractivity contribution < 1.29 is 4.74 Å². The molecule has 3 nitrogen and oxygen atoms in total. The summed E-state index contributed by atoms with van der Waals surface area (Å²) in [5.41, 5.74) is 5.89. The summed E-state index contributed by atoms with van der Waals surface area (Å²) in [4.78, 5) is 2.35. The average Bonchev–Trinajstić information content (AvgIpc) is 2.56. The third kappa shape index (κ3) is 4.40. The lowest BCUT2D eigenvalue weighted by Gasteiger charge is -2.23. The zero-order valence-electron chi connectivity index (χ0n) is 9.54. The maximum absolute atomic E-state index is 5.89. The molecular formula is C11H24N2O. The molecule has 1 unspecified atom stereocenters. The van der Waals surface area contributed by atoms with Crippen LogP contribution in [0.25, 0.3) is 0 Å². The molecule has 0 spiro atoms. The molecule has 1 fully saturated rings. The molecule has 0 radical (unpaired) electrons. The van der Waals surface area contributed by atoms with Crippen molar-refractivity contribution in [3.63, 3.8) is 0 Å². The van der Waals surface area contributed by atoms with Gasteiger partial charge in [-0.15, -0.1) is 0 Å². The molecule has 0 heterocycles. The van der Waals surface area contributed by atoms with E-state index in [1.807, 2.05) is 0 Å². The van der Waals surface area contributed by atoms with E-state index < -0.39 is 0 Å². The summed E-state index contributed by atoms with van der Waals surface area (Å²) >= 11 is 0. The lowest BCUT2D eigenvalue weighted by molar-refractivity contribution is 0.156. The third-order valence-corrected chi connectivity index (χ3v) is 2.97. The smallest absolute Gasteiger partial charge is 0.0626 e. The van der Waals surface area contributed by atoms with Crippen molar-refractivity contribution >= 4 is 0 Å². The molecule has 3 heteroatoms. The lowest BCUT2D eigenvalue weighted by atomic mass is 10.1. The highest BCUT2D eigenvalue weighted by molar-refractivity contribution is 4.72. The van der Waals surface area contributed by atoms with Gasteiger partial charge in [-0.3, -0.25) is 0 Å². The Morgan fingerprint density at radius 3 is 2.64 bits per heavy atom. The zero-order valence-corrected chi connectivity index (χ0v) is 9.54. The molecule has 0 aromatic rings. The van der Waals surface area contributed by atoms with Crippen molar-refractivity contribution in [3.05, 3.63) is 0 Å². The molecule has 1 rings (SSSR count). The summed E-state index contributed by atoms with van der Waals surface area (Å²) in [6, 6.07) is 0.159. The molecule has 0 aliphatic heterocycles. The molecule has 0 amide bonds. The molecule has 0 aromatic heterocycles. The van der Waals surface area contributed by atoms with Gasteiger partial charge in [-0.05, 0) is 25.8 Å². The highest BCUT2D eigenvalue weighted by Gasteiger charge is 2.17. The second-order valence-corrected chi connectivity index (χ2v) is 4.59. The van der Waals surface area contributed by atoms with Gasteiger partial charge in [0.25, 0.3) is 0 Å². The largest absolute Gasteiger partial charge is 0.383 e. The third-order valence-electron chi connectivity index (χ3n) is 2.97. The van der Waals surface area contributed by atoms with Gasteiger partial charge in [0.15, 0.2) is 0 Å². The topological polar surface area (TPSA) is 38.5 Å². The van der Waals surface area contributed by atoms with Gasteiger partial charge >= 0.3 is 0 Å². The molecule has 0 aromatic carbocycles. The van der Waals surface area contributed by atoms with Gasteiger partial charge < -0.3 is 15.4 Å². The van der Waals surface area contributed by atoms with Crippen LogP contribution in [0.5, 0.6) is 0 Å². The molecule has 14 heavy (non-hydrogen) atoms. The number of hydrogen-bond donors (Lipinski definition) is 1. The van der Waals surface area contributed by atoms with E-state index in [4.69, 9.17) is 10.5 Å². The minimum Gasteiger partial charge on any atom is -0.383 e. The summed E-state index contributed by atoms with van der Waals surface area (Å²) in [5.74, 6) is 0.912. The number of rotatable bonds is 6. The first-order valence-electron chi connectivity index (χ1n) is 5.65. The Balaban J connectivity index is 2.10. The van der Waals surface area contributed by atoms with Gasteiger partial charge in [-0.2, -0.15) is 0 Å². The van der Waals surface area contributed by atoms with Crippen molar-refractivity contribution in [1.29, 1.82) is 0 Å². The first-order chi connectivity index (χ1) is 6.72. The number of likely N-dealkylation sites (N-methyl/N-ethyl adjacent to an activating group) is 1. The molecule has 1 aliphatic carbocycles. The fourth-order valence-electron chi connectivity index (χ4n) is 2.38. The SMILES string of the molecule is COCC(N)CN(C)CC1CCCC1. The number of ether oxygens (including phenoxy) is 1. The number of nitrogens with two attached hydrogens (primary N) is 1. The van der Waals surface area contributed by atoms with Crippen LogP contribution in [0.15, 0.2) is 0 Å². The molecule has 1 atom stereocenters. The van der Waals surface area contributed by atoms with Crippen molar-refractivity contribution in [2.45, 2.75) is 31.7 Å². The standard InChI is InChI=1S/C11H24N2O/c1-13(8-11(12)9-14-2)7-10-5-3-4-6-10/h10-11H,3-9,12H2,1-2H3. The minimum absolute atomic E-state index is 0.159. The van der Waals surface area contributed by atoms with E-state index in [0.717, 1.165) is 12.5 Å². The Labute approximate surface area is 87.6 Å². The second kappa shape index (κ2) is 6.38. The fraction of sp³-hybridized carbons (Fsp3) is 1.00. The summed E-state index contributed by atoms with van der Waals surface area (Å²) < 4.78 is 5.02. The summed E-state index contributed by atoms with van der Waals surface area (Å²) in [6.07, 6.45) is 5.65. The van der Waals surface area contributed by atoms with Crippen LogP contribution in [-0.4, -0.2) is 44.8 Å². The summed E-state index contributed by atoms with van der Waals surface area (Å²) in [5, 5.41) is 0. The molecule has 2 N–H and O–H groups in total. The zero-order chi connectivity index (χ0) is 10.4. The Hall–Kier alpha value is -0.120. The number of nitrogens with zero attached hydrogens (tertiary/aromatic N) is 1. The van der Waals surface area contributed by atoms with Gasteiger partial charge in [-0.25, -0.2) is 0 Å². The van der Waals surface area contributed by atoms with Crippen LogP contribution in [0.2, 0.25) is 0 Å². The van der Waals surface area contributed by atoms with Crippen molar-refractivity contribution in [2.75, 3.05) is 33.9 Å². The van der Waals surface area contributed by atoms with Crippen LogP contribution in [0.3, 0.4) is 0 Å². The van der Waals surface area contributed by atoms with E-state index in [9.17, 15) is 0 Å². The van der Waals surface area contributed by atoms with E-state index in [2.05, 4.69) is 11.9 Å². The van der Waals surface area contributed by atoms with Gasteiger partial charge in [-0.1, -0.05) is 12.8 Å². The van der Waals surface area contributed by atoms with Crippen LogP contribution in [0.1, 0.15) is 25.7 Å². The molecule has 1 saturated carbocycles. The van der Waals surface area contributed by atoms with Crippen LogP contribution in [-0.2, 0) is 4.74 Å². The highest BCUT2D eigenvalue weighted by Crippen LogP contribution is 2.24.